The number of carbonyl (C=O) groups is 1. The van der Waals surface area contributed by atoms with Crippen molar-refractivity contribution in [2.45, 2.75) is 13.8 Å². The minimum absolute atomic E-state index is 0.441. The van der Waals surface area contributed by atoms with Crippen LogP contribution >= 0.6 is 11.6 Å². The zero-order chi connectivity index (χ0) is 13.5. The topological polar surface area (TPSA) is 58.6 Å². The van der Waals surface area contributed by atoms with Gasteiger partial charge in [-0.3, -0.25) is 10.0 Å². The summed E-state index contributed by atoms with van der Waals surface area (Å²) in [6.07, 6.45) is 2.70. The van der Waals surface area contributed by atoms with Crippen LogP contribution in [0.4, 0.5) is 0 Å². The van der Waals surface area contributed by atoms with E-state index in [4.69, 9.17) is 21.5 Å². The van der Waals surface area contributed by atoms with Gasteiger partial charge in [0.15, 0.2) is 0 Å². The van der Waals surface area contributed by atoms with Gasteiger partial charge in [0.05, 0.1) is 11.6 Å². The first-order valence-corrected chi connectivity index (χ1v) is 5.95. The van der Waals surface area contributed by atoms with Crippen LogP contribution < -0.4 is 10.2 Å². The smallest absolute Gasteiger partial charge is 0.267 e. The van der Waals surface area contributed by atoms with Crippen LogP contribution in [-0.4, -0.2) is 17.7 Å². The van der Waals surface area contributed by atoms with E-state index in [1.807, 2.05) is 0 Å². The normalized spacial score (nSPS) is 10.9. The lowest BCUT2D eigenvalue weighted by Crippen LogP contribution is -2.14. The highest BCUT2D eigenvalue weighted by atomic mass is 35.5. The van der Waals surface area contributed by atoms with Gasteiger partial charge in [0.2, 0.25) is 0 Å². The first-order valence-electron chi connectivity index (χ1n) is 5.57. The molecule has 0 spiro atoms. The lowest BCUT2D eigenvalue weighted by molar-refractivity contribution is -0.124. The number of ether oxygens (including phenoxy) is 1. The number of benzene rings is 1. The van der Waals surface area contributed by atoms with Crippen molar-refractivity contribution in [3.05, 3.63) is 34.9 Å². The van der Waals surface area contributed by atoms with E-state index >= 15 is 0 Å². The van der Waals surface area contributed by atoms with Crippen molar-refractivity contribution >= 4 is 23.6 Å². The summed E-state index contributed by atoms with van der Waals surface area (Å²) in [6, 6.07) is 5.23. The van der Waals surface area contributed by atoms with Crippen molar-refractivity contribution in [2.75, 3.05) is 6.61 Å². The van der Waals surface area contributed by atoms with Crippen LogP contribution in [-0.2, 0) is 4.79 Å². The lowest BCUT2D eigenvalue weighted by atomic mass is 10.2. The maximum absolute atomic E-state index is 10.8. The Labute approximate surface area is 111 Å². The van der Waals surface area contributed by atoms with Gasteiger partial charge in [0.1, 0.15) is 5.75 Å². The minimum atomic E-state index is -0.605. The zero-order valence-electron chi connectivity index (χ0n) is 10.3. The molecule has 0 atom stereocenters. The largest absolute Gasteiger partial charge is 0.493 e. The molecule has 0 aromatic heterocycles. The summed E-state index contributed by atoms with van der Waals surface area (Å²) in [4.78, 5) is 10.8. The zero-order valence-corrected chi connectivity index (χ0v) is 11.1. The molecule has 1 rings (SSSR count). The van der Waals surface area contributed by atoms with Crippen molar-refractivity contribution in [3.63, 3.8) is 0 Å². The number of rotatable bonds is 5. The summed E-state index contributed by atoms with van der Waals surface area (Å²) in [5.41, 5.74) is 2.18. The molecule has 0 aliphatic heterocycles. The van der Waals surface area contributed by atoms with Crippen LogP contribution in [0.2, 0.25) is 5.02 Å². The molecular formula is C13H16ClNO3. The Morgan fingerprint density at radius 2 is 2.28 bits per heavy atom. The quantitative estimate of drug-likeness (QED) is 0.491. The highest BCUT2D eigenvalue weighted by Crippen LogP contribution is 2.24. The van der Waals surface area contributed by atoms with Crippen molar-refractivity contribution in [2.24, 2.45) is 5.92 Å². The molecule has 1 amide bonds. The molecule has 0 bridgehead atoms. The SMILES string of the molecule is CC(C)COc1ccc(/C=C/C(=O)NO)c(Cl)c1. The molecule has 0 aliphatic rings. The highest BCUT2D eigenvalue weighted by molar-refractivity contribution is 6.32. The first-order chi connectivity index (χ1) is 8.52. The molecule has 0 heterocycles. The summed E-state index contributed by atoms with van der Waals surface area (Å²) in [5.74, 6) is 0.528. The van der Waals surface area contributed by atoms with E-state index in [0.717, 1.165) is 0 Å². The van der Waals surface area contributed by atoms with Crippen LogP contribution in [0.3, 0.4) is 0 Å². The Balaban J connectivity index is 2.73. The maximum atomic E-state index is 10.8. The van der Waals surface area contributed by atoms with Gasteiger partial charge in [-0.25, -0.2) is 5.48 Å². The van der Waals surface area contributed by atoms with E-state index in [0.29, 0.717) is 28.9 Å². The molecule has 0 aliphatic carbocycles. The summed E-state index contributed by atoms with van der Waals surface area (Å²) in [5, 5.41) is 8.83. The van der Waals surface area contributed by atoms with Gasteiger partial charge in [-0.05, 0) is 35.8 Å². The number of hydrogen-bond donors (Lipinski definition) is 2. The number of halogens is 1. The lowest BCUT2D eigenvalue weighted by Gasteiger charge is -2.09. The second-order valence-electron chi connectivity index (χ2n) is 4.20. The molecule has 2 N–H and O–H groups in total. The summed E-state index contributed by atoms with van der Waals surface area (Å²) < 4.78 is 5.52. The van der Waals surface area contributed by atoms with Gasteiger partial charge in [0, 0.05) is 6.08 Å². The molecule has 0 saturated heterocycles. The average molecular weight is 270 g/mol. The van der Waals surface area contributed by atoms with Crippen LogP contribution in [0.15, 0.2) is 24.3 Å². The summed E-state index contributed by atoms with van der Waals surface area (Å²) in [6.45, 7) is 4.75. The summed E-state index contributed by atoms with van der Waals surface area (Å²) in [7, 11) is 0. The fraction of sp³-hybridized carbons (Fsp3) is 0.308. The van der Waals surface area contributed by atoms with E-state index in [-0.39, 0.29) is 0 Å². The Hall–Kier alpha value is -1.52. The van der Waals surface area contributed by atoms with E-state index in [2.05, 4.69) is 13.8 Å². The van der Waals surface area contributed by atoms with Crippen molar-refractivity contribution in [1.29, 1.82) is 0 Å². The van der Waals surface area contributed by atoms with Gasteiger partial charge in [0.25, 0.3) is 5.91 Å². The Bertz CT molecular complexity index is 444. The number of hydroxylamine groups is 1. The van der Waals surface area contributed by atoms with Crippen molar-refractivity contribution in [1.82, 2.24) is 5.48 Å². The second kappa shape index (κ2) is 7.03. The molecule has 4 nitrogen and oxygen atoms in total. The molecule has 0 unspecified atom stereocenters. The molecule has 1 aromatic carbocycles. The van der Waals surface area contributed by atoms with Gasteiger partial charge in [-0.1, -0.05) is 25.4 Å². The van der Waals surface area contributed by atoms with E-state index in [9.17, 15) is 4.79 Å². The standard InChI is InChI=1S/C13H16ClNO3/c1-9(2)8-18-11-5-3-10(12(14)7-11)4-6-13(16)15-17/h3-7,9,17H,8H2,1-2H3,(H,15,16)/b6-4+. The molecule has 1 aromatic rings. The molecule has 0 fully saturated rings. The second-order valence-corrected chi connectivity index (χ2v) is 4.60. The third kappa shape index (κ3) is 4.77. The number of carbonyl (C=O) groups excluding carboxylic acids is 1. The molecular weight excluding hydrogens is 254 g/mol. The Morgan fingerprint density at radius 3 is 2.83 bits per heavy atom. The molecule has 5 heteroatoms. The highest BCUT2D eigenvalue weighted by Gasteiger charge is 2.02. The van der Waals surface area contributed by atoms with Crippen molar-refractivity contribution < 1.29 is 14.7 Å². The number of hydrogen-bond acceptors (Lipinski definition) is 3. The van der Waals surface area contributed by atoms with E-state index in [1.54, 1.807) is 18.2 Å². The number of amides is 1. The van der Waals surface area contributed by atoms with E-state index in [1.165, 1.54) is 17.6 Å². The van der Waals surface area contributed by atoms with Crippen molar-refractivity contribution in [3.8, 4) is 5.75 Å². The van der Waals surface area contributed by atoms with Crippen LogP contribution in [0, 0.1) is 5.92 Å². The minimum Gasteiger partial charge on any atom is -0.493 e. The Kier molecular flexibility index (Phi) is 5.68. The molecule has 0 saturated carbocycles. The predicted octanol–water partition coefficient (Wildman–Crippen LogP) is 2.89. The number of nitrogens with one attached hydrogen (secondary N) is 1. The summed E-state index contributed by atoms with van der Waals surface area (Å²) >= 11 is 6.05. The third-order valence-corrected chi connectivity index (χ3v) is 2.41. The van der Waals surface area contributed by atoms with E-state index < -0.39 is 5.91 Å². The first kappa shape index (κ1) is 14.5. The predicted molar refractivity (Wildman–Crippen MR) is 70.7 cm³/mol. The van der Waals surface area contributed by atoms with Crippen LogP contribution in [0.1, 0.15) is 19.4 Å². The van der Waals surface area contributed by atoms with Gasteiger partial charge < -0.3 is 4.74 Å². The average Bonchev–Trinajstić information content (AvgIpc) is 2.34. The van der Waals surface area contributed by atoms with Crippen LogP contribution in [0.5, 0.6) is 5.75 Å². The fourth-order valence-corrected chi connectivity index (χ4v) is 1.43. The van der Waals surface area contributed by atoms with Gasteiger partial charge >= 0.3 is 0 Å². The van der Waals surface area contributed by atoms with Gasteiger partial charge in [-0.15, -0.1) is 0 Å². The fourth-order valence-electron chi connectivity index (χ4n) is 1.20. The van der Waals surface area contributed by atoms with Gasteiger partial charge in [-0.2, -0.15) is 0 Å². The third-order valence-electron chi connectivity index (χ3n) is 2.08. The maximum Gasteiger partial charge on any atom is 0.267 e. The van der Waals surface area contributed by atoms with Crippen LogP contribution in [0.25, 0.3) is 6.08 Å². The molecule has 18 heavy (non-hydrogen) atoms. The monoisotopic (exact) mass is 269 g/mol. The Morgan fingerprint density at radius 1 is 1.56 bits per heavy atom. The molecule has 98 valence electrons. The molecule has 0 radical (unpaired) electrons.